The molecule has 0 saturated heterocycles. The van der Waals surface area contributed by atoms with Gasteiger partial charge in [0.2, 0.25) is 0 Å². The van der Waals surface area contributed by atoms with Crippen molar-refractivity contribution in [3.63, 3.8) is 0 Å². The molecule has 0 aliphatic carbocycles. The van der Waals surface area contributed by atoms with E-state index in [9.17, 15) is 4.39 Å². The lowest BCUT2D eigenvalue weighted by molar-refractivity contribution is 0.434. The van der Waals surface area contributed by atoms with E-state index in [1.54, 1.807) is 12.1 Å². The van der Waals surface area contributed by atoms with Gasteiger partial charge in [0, 0.05) is 11.6 Å². The summed E-state index contributed by atoms with van der Waals surface area (Å²) >= 11 is 0. The molecule has 1 rings (SSSR count). The molecule has 0 fully saturated rings. The standard InChI is InChI=1S/C12H19FN2/c1-9(2)7-8-12(15-14)10-5-3-4-6-11(10)13/h3-6,9,12,15H,7-8,14H2,1-2H3. The summed E-state index contributed by atoms with van der Waals surface area (Å²) in [5, 5.41) is 0. The second kappa shape index (κ2) is 5.83. The van der Waals surface area contributed by atoms with E-state index in [0.717, 1.165) is 12.8 Å². The van der Waals surface area contributed by atoms with Gasteiger partial charge in [0.15, 0.2) is 0 Å². The van der Waals surface area contributed by atoms with Crippen molar-refractivity contribution in [2.24, 2.45) is 11.8 Å². The van der Waals surface area contributed by atoms with E-state index < -0.39 is 0 Å². The molecular formula is C12H19FN2. The average Bonchev–Trinajstić information content (AvgIpc) is 2.21. The normalized spacial score (nSPS) is 13.1. The third-order valence-corrected chi connectivity index (χ3v) is 2.51. The maximum Gasteiger partial charge on any atom is 0.128 e. The predicted octanol–water partition coefficient (Wildman–Crippen LogP) is 2.77. The van der Waals surface area contributed by atoms with Gasteiger partial charge < -0.3 is 0 Å². The molecule has 1 unspecified atom stereocenters. The van der Waals surface area contributed by atoms with Crippen LogP contribution in [0.3, 0.4) is 0 Å². The van der Waals surface area contributed by atoms with Gasteiger partial charge in [0.25, 0.3) is 0 Å². The van der Waals surface area contributed by atoms with Crippen molar-refractivity contribution in [1.82, 2.24) is 5.43 Å². The average molecular weight is 210 g/mol. The molecule has 84 valence electrons. The number of hydrogen-bond donors (Lipinski definition) is 2. The van der Waals surface area contributed by atoms with E-state index in [4.69, 9.17) is 5.84 Å². The van der Waals surface area contributed by atoms with Gasteiger partial charge in [-0.05, 0) is 24.8 Å². The van der Waals surface area contributed by atoms with Crippen molar-refractivity contribution in [2.45, 2.75) is 32.7 Å². The fourth-order valence-electron chi connectivity index (χ4n) is 1.59. The van der Waals surface area contributed by atoms with Gasteiger partial charge in [0.1, 0.15) is 5.82 Å². The molecule has 0 amide bonds. The van der Waals surface area contributed by atoms with Crippen LogP contribution in [0.15, 0.2) is 24.3 Å². The lowest BCUT2D eigenvalue weighted by atomic mass is 9.98. The van der Waals surface area contributed by atoms with Crippen LogP contribution in [0.5, 0.6) is 0 Å². The van der Waals surface area contributed by atoms with E-state index >= 15 is 0 Å². The number of benzene rings is 1. The summed E-state index contributed by atoms with van der Waals surface area (Å²) in [6, 6.07) is 6.68. The van der Waals surface area contributed by atoms with Crippen LogP contribution in [-0.4, -0.2) is 0 Å². The highest BCUT2D eigenvalue weighted by Crippen LogP contribution is 2.22. The van der Waals surface area contributed by atoms with Crippen LogP contribution in [0.25, 0.3) is 0 Å². The van der Waals surface area contributed by atoms with Crippen LogP contribution in [0.2, 0.25) is 0 Å². The largest absolute Gasteiger partial charge is 0.271 e. The molecule has 1 atom stereocenters. The molecular weight excluding hydrogens is 191 g/mol. The highest BCUT2D eigenvalue weighted by atomic mass is 19.1. The van der Waals surface area contributed by atoms with Crippen LogP contribution in [0.4, 0.5) is 4.39 Å². The topological polar surface area (TPSA) is 38.0 Å². The zero-order valence-corrected chi connectivity index (χ0v) is 9.33. The predicted molar refractivity (Wildman–Crippen MR) is 60.5 cm³/mol. The Hall–Kier alpha value is -0.930. The van der Waals surface area contributed by atoms with Crippen LogP contribution < -0.4 is 11.3 Å². The number of rotatable bonds is 5. The van der Waals surface area contributed by atoms with Gasteiger partial charge in [0.05, 0.1) is 0 Å². The monoisotopic (exact) mass is 210 g/mol. The van der Waals surface area contributed by atoms with Gasteiger partial charge in [-0.25, -0.2) is 4.39 Å². The minimum atomic E-state index is -0.191. The van der Waals surface area contributed by atoms with Crippen molar-refractivity contribution < 1.29 is 4.39 Å². The Kier molecular flexibility index (Phi) is 4.72. The quantitative estimate of drug-likeness (QED) is 0.579. The molecule has 1 aromatic carbocycles. The minimum absolute atomic E-state index is 0.0893. The molecule has 0 spiro atoms. The van der Waals surface area contributed by atoms with Crippen molar-refractivity contribution in [3.05, 3.63) is 35.6 Å². The maximum absolute atomic E-state index is 13.5. The first-order valence-electron chi connectivity index (χ1n) is 5.35. The second-order valence-corrected chi connectivity index (χ2v) is 4.21. The zero-order valence-electron chi connectivity index (χ0n) is 9.33. The van der Waals surface area contributed by atoms with Gasteiger partial charge in [-0.3, -0.25) is 11.3 Å². The van der Waals surface area contributed by atoms with Crippen molar-refractivity contribution in [3.8, 4) is 0 Å². The van der Waals surface area contributed by atoms with E-state index in [1.165, 1.54) is 6.07 Å². The number of halogens is 1. The van der Waals surface area contributed by atoms with Crippen LogP contribution >= 0.6 is 0 Å². The molecule has 2 nitrogen and oxygen atoms in total. The molecule has 3 N–H and O–H groups in total. The lowest BCUT2D eigenvalue weighted by Crippen LogP contribution is -2.28. The smallest absolute Gasteiger partial charge is 0.128 e. The Morgan fingerprint density at radius 3 is 2.47 bits per heavy atom. The van der Waals surface area contributed by atoms with Gasteiger partial charge >= 0.3 is 0 Å². The Morgan fingerprint density at radius 2 is 1.93 bits per heavy atom. The number of nitrogens with one attached hydrogen (secondary N) is 1. The van der Waals surface area contributed by atoms with E-state index in [-0.39, 0.29) is 11.9 Å². The molecule has 0 saturated carbocycles. The van der Waals surface area contributed by atoms with Crippen LogP contribution in [0, 0.1) is 11.7 Å². The third-order valence-electron chi connectivity index (χ3n) is 2.51. The van der Waals surface area contributed by atoms with Crippen LogP contribution in [-0.2, 0) is 0 Å². The second-order valence-electron chi connectivity index (χ2n) is 4.21. The number of hydrazine groups is 1. The highest BCUT2D eigenvalue weighted by Gasteiger charge is 2.13. The summed E-state index contributed by atoms with van der Waals surface area (Å²) < 4.78 is 13.5. The molecule has 3 heteroatoms. The summed E-state index contributed by atoms with van der Waals surface area (Å²) in [4.78, 5) is 0. The Bertz CT molecular complexity index is 299. The molecule has 0 heterocycles. The summed E-state index contributed by atoms with van der Waals surface area (Å²) in [6.45, 7) is 4.30. The summed E-state index contributed by atoms with van der Waals surface area (Å²) in [7, 11) is 0. The fraction of sp³-hybridized carbons (Fsp3) is 0.500. The van der Waals surface area contributed by atoms with E-state index in [1.807, 2.05) is 6.07 Å². The lowest BCUT2D eigenvalue weighted by Gasteiger charge is -2.17. The van der Waals surface area contributed by atoms with Crippen molar-refractivity contribution >= 4 is 0 Å². The molecule has 0 aliphatic heterocycles. The maximum atomic E-state index is 13.5. The van der Waals surface area contributed by atoms with E-state index in [0.29, 0.717) is 11.5 Å². The van der Waals surface area contributed by atoms with Crippen molar-refractivity contribution in [2.75, 3.05) is 0 Å². The Morgan fingerprint density at radius 1 is 1.27 bits per heavy atom. The van der Waals surface area contributed by atoms with Crippen LogP contribution in [0.1, 0.15) is 38.3 Å². The summed E-state index contributed by atoms with van der Waals surface area (Å²) in [6.07, 6.45) is 1.89. The number of hydrogen-bond acceptors (Lipinski definition) is 2. The first kappa shape index (κ1) is 12.1. The Balaban J connectivity index is 2.70. The molecule has 0 aliphatic rings. The van der Waals surface area contributed by atoms with Gasteiger partial charge in [-0.1, -0.05) is 32.0 Å². The molecule has 15 heavy (non-hydrogen) atoms. The first-order chi connectivity index (χ1) is 7.15. The third kappa shape index (κ3) is 3.61. The molecule has 0 radical (unpaired) electrons. The molecule has 1 aromatic rings. The molecule has 0 bridgehead atoms. The van der Waals surface area contributed by atoms with Crippen molar-refractivity contribution in [1.29, 1.82) is 0 Å². The van der Waals surface area contributed by atoms with E-state index in [2.05, 4.69) is 19.3 Å². The summed E-state index contributed by atoms with van der Waals surface area (Å²) in [5.74, 6) is 5.86. The number of nitrogens with two attached hydrogens (primary N) is 1. The fourth-order valence-corrected chi connectivity index (χ4v) is 1.59. The summed E-state index contributed by atoms with van der Waals surface area (Å²) in [5.41, 5.74) is 3.33. The highest BCUT2D eigenvalue weighted by molar-refractivity contribution is 5.20. The zero-order chi connectivity index (χ0) is 11.3. The van der Waals surface area contributed by atoms with Gasteiger partial charge in [-0.2, -0.15) is 0 Å². The molecule has 0 aromatic heterocycles. The van der Waals surface area contributed by atoms with Gasteiger partial charge in [-0.15, -0.1) is 0 Å². The first-order valence-corrected chi connectivity index (χ1v) is 5.35. The SMILES string of the molecule is CC(C)CCC(NN)c1ccccc1F. The minimum Gasteiger partial charge on any atom is -0.271 e. The Labute approximate surface area is 90.6 Å².